The lowest BCUT2D eigenvalue weighted by molar-refractivity contribution is -0.130. The summed E-state index contributed by atoms with van der Waals surface area (Å²) in [7, 11) is -1.97. The molecule has 5 rings (SSSR count). The highest BCUT2D eigenvalue weighted by molar-refractivity contribution is 9.10. The summed E-state index contributed by atoms with van der Waals surface area (Å²) >= 11 is 15.6. The van der Waals surface area contributed by atoms with Crippen molar-refractivity contribution < 1.29 is 27.5 Å². The normalized spacial score (nSPS) is 18.2. The number of carbonyl (C=O) groups is 3. The largest absolute Gasteiger partial charge is 0.444 e. The Hall–Kier alpha value is -3.74. The van der Waals surface area contributed by atoms with E-state index >= 15 is 0 Å². The van der Waals surface area contributed by atoms with Crippen LogP contribution in [0.4, 0.5) is 4.79 Å². The molecule has 0 saturated carbocycles. The third kappa shape index (κ3) is 11.1. The van der Waals surface area contributed by atoms with Gasteiger partial charge in [-0.25, -0.2) is 33.1 Å². The van der Waals surface area contributed by atoms with Gasteiger partial charge in [0.1, 0.15) is 32.5 Å². The number of piperazine rings is 2. The van der Waals surface area contributed by atoms with Crippen LogP contribution in [-0.2, 0) is 19.6 Å². The Balaban J connectivity index is 0.000000251. The average Bonchev–Trinajstić information content (AvgIpc) is 3.09. The van der Waals surface area contributed by atoms with E-state index in [4.69, 9.17) is 27.9 Å². The van der Waals surface area contributed by atoms with E-state index in [2.05, 4.69) is 53.1 Å². The summed E-state index contributed by atoms with van der Waals surface area (Å²) in [5.41, 5.74) is 1.96. The van der Waals surface area contributed by atoms with Crippen molar-refractivity contribution in [2.24, 2.45) is 0 Å². The van der Waals surface area contributed by atoms with Crippen LogP contribution in [-0.4, -0.2) is 119 Å². The topological polar surface area (TPSA) is 180 Å². The fraction of sp³-hybridized carbons (Fsp3) is 0.424. The summed E-state index contributed by atoms with van der Waals surface area (Å²) in [6.07, 6.45) is 3.27. The minimum absolute atomic E-state index is 0.0167. The van der Waals surface area contributed by atoms with Gasteiger partial charge in [0.25, 0.3) is 5.91 Å². The van der Waals surface area contributed by atoms with Gasteiger partial charge in [0.2, 0.25) is 15.9 Å². The van der Waals surface area contributed by atoms with Gasteiger partial charge in [-0.15, -0.1) is 0 Å². The molecule has 2 N–H and O–H groups in total. The predicted molar refractivity (Wildman–Crippen MR) is 200 cm³/mol. The van der Waals surface area contributed by atoms with E-state index in [0.29, 0.717) is 46.3 Å². The number of carbonyl (C=O) groups excluding carboxylic acids is 3. The highest BCUT2D eigenvalue weighted by atomic mass is 79.9. The van der Waals surface area contributed by atoms with Gasteiger partial charge in [0.05, 0.1) is 29.7 Å². The van der Waals surface area contributed by atoms with Crippen molar-refractivity contribution in [2.75, 3.05) is 52.6 Å². The molecular formula is C33H40BrCl2N9O6S. The van der Waals surface area contributed by atoms with Crippen molar-refractivity contribution in [3.63, 3.8) is 0 Å². The maximum atomic E-state index is 12.4. The fourth-order valence-corrected chi connectivity index (χ4v) is 7.28. The zero-order valence-corrected chi connectivity index (χ0v) is 33.2. The van der Waals surface area contributed by atoms with Crippen LogP contribution in [0, 0.1) is 0 Å². The van der Waals surface area contributed by atoms with Gasteiger partial charge in [-0.2, -0.15) is 4.31 Å². The molecule has 3 aromatic heterocycles. The summed E-state index contributed by atoms with van der Waals surface area (Å²) in [6, 6.07) is 7.84. The minimum atomic E-state index is -3.46. The summed E-state index contributed by atoms with van der Waals surface area (Å²) in [4.78, 5) is 56.2. The summed E-state index contributed by atoms with van der Waals surface area (Å²) < 4.78 is 31.6. The van der Waals surface area contributed by atoms with Crippen molar-refractivity contribution in [3.05, 3.63) is 81.0 Å². The zero-order chi connectivity index (χ0) is 38.4. The number of halogens is 3. The molecule has 0 aliphatic carbocycles. The Morgan fingerprint density at radius 2 is 1.69 bits per heavy atom. The highest BCUT2D eigenvalue weighted by Crippen LogP contribution is 2.31. The zero-order valence-electron chi connectivity index (χ0n) is 29.3. The van der Waals surface area contributed by atoms with Gasteiger partial charge in [-0.1, -0.05) is 29.8 Å². The minimum Gasteiger partial charge on any atom is -0.444 e. The van der Waals surface area contributed by atoms with E-state index in [9.17, 15) is 22.8 Å². The monoisotopic (exact) mass is 839 g/mol. The van der Waals surface area contributed by atoms with E-state index in [-0.39, 0.29) is 54.4 Å². The molecule has 0 bridgehead atoms. The molecule has 0 spiro atoms. The van der Waals surface area contributed by atoms with Crippen LogP contribution in [0.5, 0.6) is 0 Å². The maximum Gasteiger partial charge on any atom is 0.410 e. The summed E-state index contributed by atoms with van der Waals surface area (Å²) in [6.45, 7) is 11.5. The molecule has 280 valence electrons. The molecule has 0 aromatic carbocycles. The first kappa shape index (κ1) is 41.0. The van der Waals surface area contributed by atoms with Crippen molar-refractivity contribution in [3.8, 4) is 11.4 Å². The Morgan fingerprint density at radius 3 is 2.33 bits per heavy atom. The molecule has 5 heterocycles. The van der Waals surface area contributed by atoms with Crippen LogP contribution in [0.3, 0.4) is 0 Å². The lowest BCUT2D eigenvalue weighted by Crippen LogP contribution is -2.51. The summed E-state index contributed by atoms with van der Waals surface area (Å²) in [5, 5.41) is 6.43. The fourth-order valence-electron chi connectivity index (χ4n) is 5.47. The van der Waals surface area contributed by atoms with Crippen molar-refractivity contribution in [1.82, 2.24) is 44.7 Å². The van der Waals surface area contributed by atoms with E-state index in [1.165, 1.54) is 29.8 Å². The molecule has 3 amide bonds. The first-order valence-corrected chi connectivity index (χ1v) is 19.4. The van der Waals surface area contributed by atoms with E-state index in [1.54, 1.807) is 21.9 Å². The van der Waals surface area contributed by atoms with Gasteiger partial charge in [0, 0.05) is 46.3 Å². The second-order valence-electron chi connectivity index (χ2n) is 12.8. The van der Waals surface area contributed by atoms with Crippen LogP contribution < -0.4 is 10.6 Å². The van der Waals surface area contributed by atoms with Gasteiger partial charge in [0.15, 0.2) is 0 Å². The van der Waals surface area contributed by atoms with Crippen molar-refractivity contribution >= 4 is 67.1 Å². The average molecular weight is 842 g/mol. The quantitative estimate of drug-likeness (QED) is 0.268. The molecule has 2 saturated heterocycles. The second kappa shape index (κ2) is 17.4. The van der Waals surface area contributed by atoms with Gasteiger partial charge < -0.3 is 25.2 Å². The van der Waals surface area contributed by atoms with Gasteiger partial charge >= 0.3 is 6.09 Å². The molecule has 3 aromatic rings. The SMILES string of the molecule is C=CC(=O)N1CCN(S(C)(=O)=O)C[C@@H]1c1cc(Cl)nc(-c2cc(C(=O)NC)ncn2)c1.CC(C)(C)OC(=O)N1CCN[C@@H](c2cc(Cl)nc(Br)c2)C1. The smallest absolute Gasteiger partial charge is 0.410 e. The van der Waals surface area contributed by atoms with Crippen LogP contribution in [0.1, 0.15) is 54.5 Å². The number of nitrogens with one attached hydrogen (secondary N) is 2. The van der Waals surface area contributed by atoms with E-state index < -0.39 is 21.7 Å². The first-order chi connectivity index (χ1) is 24.4. The van der Waals surface area contributed by atoms with Gasteiger partial charge in [-0.05, 0) is 84.2 Å². The molecule has 0 radical (unpaired) electrons. The van der Waals surface area contributed by atoms with E-state index in [0.717, 1.165) is 11.8 Å². The number of ether oxygens (including phenoxy) is 1. The first-order valence-electron chi connectivity index (χ1n) is 16.0. The van der Waals surface area contributed by atoms with Crippen LogP contribution >= 0.6 is 39.1 Å². The standard InChI is InChI=1S/C19H21ClN6O4S.C14H19BrClN3O2/c1-4-18(27)26-6-5-25(31(3,29)30)10-16(26)12-7-14(24-17(20)8-12)13-9-15(19(28)21-2)23-11-22-13;1-14(2,3)21-13(20)19-5-4-17-10(8-19)9-6-11(15)18-12(16)7-9/h4,7-9,11,16H,1,5-6,10H2,2-3H3,(H,21,28);6-7,10,17H,4-5,8H2,1-3H3/t16-;10-/m11/s1. The number of sulfonamides is 1. The second-order valence-corrected chi connectivity index (χ2v) is 16.4. The van der Waals surface area contributed by atoms with Gasteiger partial charge in [-0.3, -0.25) is 9.59 Å². The molecular weight excluding hydrogens is 801 g/mol. The molecule has 19 heteroatoms. The van der Waals surface area contributed by atoms with E-state index in [1.807, 2.05) is 32.9 Å². The maximum absolute atomic E-state index is 12.4. The Labute approximate surface area is 321 Å². The van der Waals surface area contributed by atoms with Crippen LogP contribution in [0.2, 0.25) is 10.3 Å². The summed E-state index contributed by atoms with van der Waals surface area (Å²) in [5.74, 6) is -0.707. The number of nitrogens with zero attached hydrogens (tertiary/aromatic N) is 7. The number of pyridine rings is 2. The van der Waals surface area contributed by atoms with Crippen molar-refractivity contribution in [1.29, 1.82) is 0 Å². The molecule has 52 heavy (non-hydrogen) atoms. The Bertz CT molecular complexity index is 1910. The Morgan fingerprint density at radius 1 is 1.00 bits per heavy atom. The predicted octanol–water partition coefficient (Wildman–Crippen LogP) is 4.26. The number of aromatic nitrogens is 4. The molecule has 15 nitrogen and oxygen atoms in total. The molecule has 2 aliphatic heterocycles. The Kier molecular flexibility index (Phi) is 13.7. The molecule has 2 aliphatic rings. The molecule has 2 atom stereocenters. The molecule has 2 fully saturated rings. The van der Waals surface area contributed by atoms with Crippen LogP contribution in [0.15, 0.2) is 53.9 Å². The number of amides is 3. The van der Waals surface area contributed by atoms with Crippen molar-refractivity contribution in [2.45, 2.75) is 38.5 Å². The number of rotatable bonds is 6. The lowest BCUT2D eigenvalue weighted by Gasteiger charge is -2.40. The third-order valence-corrected chi connectivity index (χ3v) is 9.94. The molecule has 0 unspecified atom stereocenters. The van der Waals surface area contributed by atoms with Crippen LogP contribution in [0.25, 0.3) is 11.4 Å². The number of hydrogen-bond acceptors (Lipinski definition) is 11. The third-order valence-electron chi connectivity index (χ3n) is 7.87. The highest BCUT2D eigenvalue weighted by Gasteiger charge is 2.35. The lowest BCUT2D eigenvalue weighted by atomic mass is 10.0. The number of hydrogen-bond donors (Lipinski definition) is 2.